The highest BCUT2D eigenvalue weighted by atomic mass is 32.2. The molecule has 1 aromatic carbocycles. The van der Waals surface area contributed by atoms with Crippen LogP contribution in [0.3, 0.4) is 0 Å². The molecule has 0 amide bonds. The number of carbonyl (C=O) groups excluding carboxylic acids is 1. The number of benzene rings is 1. The van der Waals surface area contributed by atoms with Crippen LogP contribution in [-0.2, 0) is 10.8 Å². The van der Waals surface area contributed by atoms with E-state index in [1.54, 1.807) is 0 Å². The SMILES string of the molecule is O=C(c1ccc(C(F)F)c(F)c1)C1CC2CCC(C1)S2=O. The van der Waals surface area contributed by atoms with E-state index in [9.17, 15) is 22.2 Å². The molecule has 2 nitrogen and oxygen atoms in total. The Hall–Kier alpha value is -1.17. The van der Waals surface area contributed by atoms with Crippen LogP contribution in [0.25, 0.3) is 0 Å². The van der Waals surface area contributed by atoms with Crippen LogP contribution in [0.15, 0.2) is 18.2 Å². The van der Waals surface area contributed by atoms with E-state index in [1.807, 2.05) is 0 Å². The molecule has 0 saturated carbocycles. The number of rotatable bonds is 3. The van der Waals surface area contributed by atoms with Gasteiger partial charge in [-0.05, 0) is 37.8 Å². The Morgan fingerprint density at radius 1 is 1.19 bits per heavy atom. The normalized spacial score (nSPS) is 31.6. The third-order valence-corrected chi connectivity index (χ3v) is 6.62. The Kier molecular flexibility index (Phi) is 3.90. The summed E-state index contributed by atoms with van der Waals surface area (Å²) in [4.78, 5) is 12.4. The standard InChI is InChI=1S/C15H15F3O2S/c16-13-7-8(1-4-12(13)15(17)18)14(19)9-5-10-2-3-11(6-9)21(10)20/h1,4,7,9-11,15H,2-3,5-6H2. The van der Waals surface area contributed by atoms with Crippen molar-refractivity contribution in [2.24, 2.45) is 5.92 Å². The second-order valence-corrected chi connectivity index (χ2v) is 7.71. The minimum atomic E-state index is -2.89. The zero-order chi connectivity index (χ0) is 15.1. The number of Topliss-reactive ketones (excluding diaryl/α,β-unsaturated/α-hetero) is 1. The Bertz CT molecular complexity index is 587. The molecule has 2 aliphatic rings. The van der Waals surface area contributed by atoms with Crippen molar-refractivity contribution in [1.82, 2.24) is 0 Å². The van der Waals surface area contributed by atoms with E-state index < -0.39 is 28.6 Å². The van der Waals surface area contributed by atoms with E-state index in [4.69, 9.17) is 0 Å². The summed E-state index contributed by atoms with van der Waals surface area (Å²) in [7, 11) is -0.852. The maximum atomic E-state index is 13.6. The van der Waals surface area contributed by atoms with Crippen molar-refractivity contribution in [3.63, 3.8) is 0 Å². The largest absolute Gasteiger partial charge is 0.294 e. The lowest BCUT2D eigenvalue weighted by atomic mass is 9.90. The summed E-state index contributed by atoms with van der Waals surface area (Å²) in [5, 5.41) is 0.116. The molecule has 6 heteroatoms. The first-order valence-corrected chi connectivity index (χ1v) is 8.26. The van der Waals surface area contributed by atoms with Gasteiger partial charge in [0, 0.05) is 32.8 Å². The van der Waals surface area contributed by atoms with Gasteiger partial charge in [0.2, 0.25) is 0 Å². The van der Waals surface area contributed by atoms with Crippen molar-refractivity contribution in [2.75, 3.05) is 0 Å². The van der Waals surface area contributed by atoms with Crippen molar-refractivity contribution in [3.05, 3.63) is 35.1 Å². The molecule has 0 radical (unpaired) electrons. The highest BCUT2D eigenvalue weighted by Crippen LogP contribution is 2.40. The summed E-state index contributed by atoms with van der Waals surface area (Å²) < 4.78 is 50.5. The monoisotopic (exact) mass is 316 g/mol. The van der Waals surface area contributed by atoms with Crippen LogP contribution in [0, 0.1) is 11.7 Å². The lowest BCUT2D eigenvalue weighted by molar-refractivity contribution is 0.0905. The molecular weight excluding hydrogens is 301 g/mol. The molecule has 21 heavy (non-hydrogen) atoms. The van der Waals surface area contributed by atoms with Crippen molar-refractivity contribution in [2.45, 2.75) is 42.6 Å². The van der Waals surface area contributed by atoms with Gasteiger partial charge in [0.25, 0.3) is 6.43 Å². The lowest BCUT2D eigenvalue weighted by Gasteiger charge is -2.26. The topological polar surface area (TPSA) is 34.1 Å². The maximum absolute atomic E-state index is 13.6. The van der Waals surface area contributed by atoms with Crippen LogP contribution in [-0.4, -0.2) is 20.5 Å². The van der Waals surface area contributed by atoms with Gasteiger partial charge in [-0.3, -0.25) is 9.00 Å². The Balaban J connectivity index is 1.80. The number of ketones is 1. The van der Waals surface area contributed by atoms with Crippen LogP contribution >= 0.6 is 0 Å². The number of hydrogen-bond donors (Lipinski definition) is 0. The minimum absolute atomic E-state index is 0.0582. The van der Waals surface area contributed by atoms with Gasteiger partial charge in [0.15, 0.2) is 5.78 Å². The van der Waals surface area contributed by atoms with E-state index >= 15 is 0 Å². The molecule has 0 aromatic heterocycles. The van der Waals surface area contributed by atoms with E-state index in [1.165, 1.54) is 6.07 Å². The Morgan fingerprint density at radius 2 is 1.81 bits per heavy atom. The Labute approximate surface area is 123 Å². The number of alkyl halides is 2. The highest BCUT2D eigenvalue weighted by molar-refractivity contribution is 7.86. The zero-order valence-electron chi connectivity index (χ0n) is 11.2. The maximum Gasteiger partial charge on any atom is 0.266 e. The van der Waals surface area contributed by atoms with Crippen molar-refractivity contribution in [3.8, 4) is 0 Å². The summed E-state index contributed by atoms with van der Waals surface area (Å²) in [5.74, 6) is -1.53. The number of fused-ring (bicyclic) bond motifs is 2. The lowest BCUT2D eigenvalue weighted by Crippen LogP contribution is -2.32. The van der Waals surface area contributed by atoms with Gasteiger partial charge in [0.05, 0.1) is 5.56 Å². The molecular formula is C15H15F3O2S. The molecule has 2 atom stereocenters. The third-order valence-electron chi connectivity index (χ3n) is 4.45. The van der Waals surface area contributed by atoms with Crippen LogP contribution in [0.4, 0.5) is 13.2 Å². The van der Waals surface area contributed by atoms with E-state index in [2.05, 4.69) is 0 Å². The number of carbonyl (C=O) groups is 1. The smallest absolute Gasteiger partial charge is 0.266 e. The van der Waals surface area contributed by atoms with E-state index in [0.29, 0.717) is 12.8 Å². The quantitative estimate of drug-likeness (QED) is 0.798. The van der Waals surface area contributed by atoms with Gasteiger partial charge >= 0.3 is 0 Å². The van der Waals surface area contributed by atoms with Gasteiger partial charge in [-0.15, -0.1) is 0 Å². The summed E-state index contributed by atoms with van der Waals surface area (Å²) in [6.45, 7) is 0. The second kappa shape index (κ2) is 5.55. The van der Waals surface area contributed by atoms with Crippen LogP contribution in [0.2, 0.25) is 0 Å². The van der Waals surface area contributed by atoms with Gasteiger partial charge in [-0.25, -0.2) is 13.2 Å². The molecule has 1 aromatic rings. The first kappa shape index (κ1) is 14.8. The molecule has 0 spiro atoms. The van der Waals surface area contributed by atoms with Crippen LogP contribution in [0.5, 0.6) is 0 Å². The number of halogens is 3. The van der Waals surface area contributed by atoms with Crippen molar-refractivity contribution in [1.29, 1.82) is 0 Å². The molecule has 2 saturated heterocycles. The molecule has 2 unspecified atom stereocenters. The van der Waals surface area contributed by atoms with E-state index in [0.717, 1.165) is 25.0 Å². The molecule has 0 N–H and O–H groups in total. The summed E-state index contributed by atoms with van der Waals surface area (Å²) in [5.41, 5.74) is -0.551. The summed E-state index contributed by atoms with van der Waals surface area (Å²) >= 11 is 0. The fraction of sp³-hybridized carbons (Fsp3) is 0.533. The predicted molar refractivity (Wildman–Crippen MR) is 73.4 cm³/mol. The second-order valence-electron chi connectivity index (χ2n) is 5.72. The molecule has 2 fully saturated rings. The third kappa shape index (κ3) is 2.65. The van der Waals surface area contributed by atoms with Gasteiger partial charge in [-0.1, -0.05) is 6.07 Å². The molecule has 2 aliphatic heterocycles. The van der Waals surface area contributed by atoms with Crippen LogP contribution < -0.4 is 0 Å². The molecule has 2 heterocycles. The summed E-state index contributed by atoms with van der Waals surface area (Å²) in [6, 6.07) is 3.14. The van der Waals surface area contributed by atoms with E-state index in [-0.39, 0.29) is 27.8 Å². The van der Waals surface area contributed by atoms with Gasteiger partial charge in [-0.2, -0.15) is 0 Å². The fourth-order valence-corrected chi connectivity index (χ4v) is 5.46. The van der Waals surface area contributed by atoms with Crippen molar-refractivity contribution < 1.29 is 22.2 Å². The van der Waals surface area contributed by atoms with Crippen molar-refractivity contribution >= 4 is 16.6 Å². The minimum Gasteiger partial charge on any atom is -0.294 e. The van der Waals surface area contributed by atoms with Crippen LogP contribution in [0.1, 0.15) is 48.0 Å². The summed E-state index contributed by atoms with van der Waals surface area (Å²) in [6.07, 6.45) is -0.0260. The zero-order valence-corrected chi connectivity index (χ0v) is 12.0. The Morgan fingerprint density at radius 3 is 2.33 bits per heavy atom. The first-order valence-electron chi connectivity index (χ1n) is 6.98. The van der Waals surface area contributed by atoms with Gasteiger partial charge < -0.3 is 0 Å². The molecule has 3 rings (SSSR count). The first-order chi connectivity index (χ1) is 9.97. The van der Waals surface area contributed by atoms with Gasteiger partial charge in [0.1, 0.15) is 5.82 Å². The highest BCUT2D eigenvalue weighted by Gasteiger charge is 2.42. The molecule has 114 valence electrons. The average molecular weight is 316 g/mol. The molecule has 0 aliphatic carbocycles. The average Bonchev–Trinajstić information content (AvgIpc) is 2.67. The number of hydrogen-bond acceptors (Lipinski definition) is 2. The fourth-order valence-electron chi connectivity index (χ4n) is 3.34. The molecule has 2 bridgehead atoms. The predicted octanol–water partition coefficient (Wildman–Crippen LogP) is 3.64.